The Labute approximate surface area is 128 Å². The molecule has 0 radical (unpaired) electrons. The number of rotatable bonds is 2. The molecule has 0 bridgehead atoms. The maximum Gasteiger partial charge on any atom is 0.0950 e. The van der Waals surface area contributed by atoms with Crippen molar-refractivity contribution in [2.75, 3.05) is 5.32 Å². The molecule has 0 spiro atoms. The maximum atomic E-state index is 6.55. The van der Waals surface area contributed by atoms with Gasteiger partial charge in [0.1, 0.15) is 0 Å². The first-order chi connectivity index (χ1) is 10.3. The zero-order valence-electron chi connectivity index (χ0n) is 11.3. The topological polar surface area (TPSA) is 37.8 Å². The molecular weight excluding hydrogens is 282 g/mol. The van der Waals surface area contributed by atoms with Gasteiger partial charge in [0.05, 0.1) is 28.8 Å². The Morgan fingerprint density at radius 2 is 1.86 bits per heavy atom. The Balaban J connectivity index is 1.75. The molecule has 1 aromatic heterocycles. The lowest BCUT2D eigenvalue weighted by atomic mass is 10.1. The van der Waals surface area contributed by atoms with Crippen molar-refractivity contribution >= 4 is 28.2 Å². The first-order valence-corrected chi connectivity index (χ1v) is 7.45. The fraction of sp³-hybridized carbons (Fsp3) is 0.176. The molecule has 4 rings (SSSR count). The van der Waals surface area contributed by atoms with E-state index in [2.05, 4.69) is 45.8 Å². The number of hydrogen-bond acceptors (Lipinski definition) is 3. The largest absolute Gasteiger partial charge is 0.375 e. The molecule has 0 saturated carbocycles. The SMILES string of the molecule is ClC1Cc2ccccc2C1Nc1cnnc2ccccc12. The predicted octanol–water partition coefficient (Wildman–Crippen LogP) is 3.95. The lowest BCUT2D eigenvalue weighted by Crippen LogP contribution is -2.17. The predicted molar refractivity (Wildman–Crippen MR) is 85.7 cm³/mol. The van der Waals surface area contributed by atoms with Crippen LogP contribution in [0.25, 0.3) is 10.9 Å². The van der Waals surface area contributed by atoms with E-state index < -0.39 is 0 Å². The van der Waals surface area contributed by atoms with Gasteiger partial charge in [0, 0.05) is 5.39 Å². The second kappa shape index (κ2) is 5.01. The zero-order chi connectivity index (χ0) is 14.2. The second-order valence-corrected chi connectivity index (χ2v) is 5.88. The van der Waals surface area contributed by atoms with Crippen molar-refractivity contribution in [2.24, 2.45) is 0 Å². The van der Waals surface area contributed by atoms with Crippen LogP contribution in [0.2, 0.25) is 0 Å². The summed E-state index contributed by atoms with van der Waals surface area (Å²) in [6.45, 7) is 0. The van der Waals surface area contributed by atoms with Crippen molar-refractivity contribution in [2.45, 2.75) is 17.8 Å². The molecule has 0 aliphatic heterocycles. The normalized spacial score (nSPS) is 20.4. The number of fused-ring (bicyclic) bond motifs is 2. The maximum absolute atomic E-state index is 6.55. The average molecular weight is 296 g/mol. The van der Waals surface area contributed by atoms with E-state index in [1.165, 1.54) is 11.1 Å². The number of alkyl halides is 1. The molecule has 2 atom stereocenters. The molecule has 1 N–H and O–H groups in total. The molecule has 1 aliphatic carbocycles. The lowest BCUT2D eigenvalue weighted by Gasteiger charge is -2.19. The Bertz CT molecular complexity index is 797. The second-order valence-electron chi connectivity index (χ2n) is 5.32. The summed E-state index contributed by atoms with van der Waals surface area (Å²) < 4.78 is 0. The minimum Gasteiger partial charge on any atom is -0.375 e. The molecule has 2 aromatic carbocycles. The van der Waals surface area contributed by atoms with Crippen molar-refractivity contribution in [3.05, 3.63) is 65.9 Å². The third-order valence-electron chi connectivity index (χ3n) is 4.02. The fourth-order valence-electron chi connectivity index (χ4n) is 3.00. The highest BCUT2D eigenvalue weighted by Crippen LogP contribution is 2.38. The van der Waals surface area contributed by atoms with E-state index >= 15 is 0 Å². The molecule has 0 fully saturated rings. The standard InChI is InChI=1S/C17H14ClN3/c18-14-9-11-5-1-2-6-12(11)17(14)20-16-10-19-21-15-8-4-3-7-13(15)16/h1-8,10,14,17H,9H2,(H,20,21). The van der Waals surface area contributed by atoms with Gasteiger partial charge in [0.15, 0.2) is 0 Å². The molecular formula is C17H14ClN3. The van der Waals surface area contributed by atoms with Crippen LogP contribution in [-0.2, 0) is 6.42 Å². The van der Waals surface area contributed by atoms with E-state index in [4.69, 9.17) is 11.6 Å². The van der Waals surface area contributed by atoms with E-state index in [0.717, 1.165) is 23.0 Å². The van der Waals surface area contributed by atoms with Gasteiger partial charge in [-0.3, -0.25) is 0 Å². The minimum atomic E-state index is 0.0503. The van der Waals surface area contributed by atoms with Crippen molar-refractivity contribution in [3.8, 4) is 0 Å². The fourth-order valence-corrected chi connectivity index (χ4v) is 3.37. The van der Waals surface area contributed by atoms with Gasteiger partial charge in [0.2, 0.25) is 0 Å². The van der Waals surface area contributed by atoms with Gasteiger partial charge in [-0.05, 0) is 23.6 Å². The lowest BCUT2D eigenvalue weighted by molar-refractivity contribution is 0.771. The third-order valence-corrected chi connectivity index (χ3v) is 4.43. The summed E-state index contributed by atoms with van der Waals surface area (Å²) in [5.74, 6) is 0. The summed E-state index contributed by atoms with van der Waals surface area (Å²) in [7, 11) is 0. The minimum absolute atomic E-state index is 0.0503. The number of anilines is 1. The van der Waals surface area contributed by atoms with Gasteiger partial charge in [-0.1, -0.05) is 42.5 Å². The van der Waals surface area contributed by atoms with Gasteiger partial charge >= 0.3 is 0 Å². The smallest absolute Gasteiger partial charge is 0.0950 e. The highest BCUT2D eigenvalue weighted by Gasteiger charge is 2.30. The van der Waals surface area contributed by atoms with Crippen molar-refractivity contribution in [1.82, 2.24) is 10.2 Å². The summed E-state index contributed by atoms with van der Waals surface area (Å²) in [6.07, 6.45) is 2.67. The number of benzene rings is 2. The van der Waals surface area contributed by atoms with Gasteiger partial charge in [-0.15, -0.1) is 11.6 Å². The van der Waals surface area contributed by atoms with Crippen LogP contribution in [0.15, 0.2) is 54.7 Å². The number of hydrogen-bond donors (Lipinski definition) is 1. The van der Waals surface area contributed by atoms with Crippen LogP contribution in [-0.4, -0.2) is 15.6 Å². The third kappa shape index (κ3) is 2.14. The van der Waals surface area contributed by atoms with Crippen LogP contribution >= 0.6 is 11.6 Å². The summed E-state index contributed by atoms with van der Waals surface area (Å²) in [5.41, 5.74) is 4.47. The van der Waals surface area contributed by atoms with Crippen LogP contribution in [0.3, 0.4) is 0 Å². The van der Waals surface area contributed by atoms with E-state index in [9.17, 15) is 0 Å². The Morgan fingerprint density at radius 1 is 1.05 bits per heavy atom. The quantitative estimate of drug-likeness (QED) is 0.728. The Hall–Kier alpha value is -2.13. The molecule has 1 heterocycles. The molecule has 4 heteroatoms. The van der Waals surface area contributed by atoms with Gasteiger partial charge in [-0.25, -0.2) is 0 Å². The molecule has 0 amide bonds. The number of nitrogens with zero attached hydrogens (tertiary/aromatic N) is 2. The Morgan fingerprint density at radius 3 is 2.81 bits per heavy atom. The summed E-state index contributed by atoms with van der Waals surface area (Å²) in [5, 5.41) is 12.9. The van der Waals surface area contributed by atoms with E-state index in [1.807, 2.05) is 18.2 Å². The summed E-state index contributed by atoms with van der Waals surface area (Å²) >= 11 is 6.55. The number of aromatic nitrogens is 2. The summed E-state index contributed by atoms with van der Waals surface area (Å²) in [6, 6.07) is 16.5. The van der Waals surface area contributed by atoms with Crippen LogP contribution in [0.1, 0.15) is 17.2 Å². The number of halogens is 1. The monoisotopic (exact) mass is 295 g/mol. The first kappa shape index (κ1) is 12.6. The van der Waals surface area contributed by atoms with E-state index in [1.54, 1.807) is 6.20 Å². The Kier molecular flexibility index (Phi) is 3.00. The molecule has 1 aliphatic rings. The highest BCUT2D eigenvalue weighted by molar-refractivity contribution is 6.21. The molecule has 2 unspecified atom stereocenters. The van der Waals surface area contributed by atoms with E-state index in [0.29, 0.717) is 0 Å². The average Bonchev–Trinajstić information content (AvgIpc) is 2.84. The molecule has 3 aromatic rings. The van der Waals surface area contributed by atoms with Crippen molar-refractivity contribution in [3.63, 3.8) is 0 Å². The van der Waals surface area contributed by atoms with Crippen LogP contribution in [0, 0.1) is 0 Å². The van der Waals surface area contributed by atoms with Crippen LogP contribution < -0.4 is 5.32 Å². The molecule has 3 nitrogen and oxygen atoms in total. The zero-order valence-corrected chi connectivity index (χ0v) is 12.1. The number of nitrogens with one attached hydrogen (secondary N) is 1. The van der Waals surface area contributed by atoms with Crippen molar-refractivity contribution < 1.29 is 0 Å². The van der Waals surface area contributed by atoms with E-state index in [-0.39, 0.29) is 11.4 Å². The van der Waals surface area contributed by atoms with Crippen LogP contribution in [0.4, 0.5) is 5.69 Å². The highest BCUT2D eigenvalue weighted by atomic mass is 35.5. The van der Waals surface area contributed by atoms with Gasteiger partial charge in [-0.2, -0.15) is 10.2 Å². The van der Waals surface area contributed by atoms with Gasteiger partial charge < -0.3 is 5.32 Å². The summed E-state index contributed by atoms with van der Waals surface area (Å²) in [4.78, 5) is 0. The van der Waals surface area contributed by atoms with Crippen LogP contribution in [0.5, 0.6) is 0 Å². The first-order valence-electron chi connectivity index (χ1n) is 7.02. The van der Waals surface area contributed by atoms with Crippen molar-refractivity contribution in [1.29, 1.82) is 0 Å². The molecule has 104 valence electrons. The molecule has 21 heavy (non-hydrogen) atoms. The van der Waals surface area contributed by atoms with Gasteiger partial charge in [0.25, 0.3) is 0 Å². The molecule has 0 saturated heterocycles.